The van der Waals surface area contributed by atoms with E-state index in [1.807, 2.05) is 75.4 Å². The van der Waals surface area contributed by atoms with E-state index in [1.54, 1.807) is 0 Å². The van der Waals surface area contributed by atoms with Crippen LogP contribution in [0.1, 0.15) is 43.1 Å². The lowest BCUT2D eigenvalue weighted by Gasteiger charge is -2.28. The zero-order valence-corrected chi connectivity index (χ0v) is 18.1. The second-order valence-electron chi connectivity index (χ2n) is 6.28. The van der Waals surface area contributed by atoms with Crippen LogP contribution in [0.5, 0.6) is 0 Å². The van der Waals surface area contributed by atoms with Gasteiger partial charge in [0.1, 0.15) is 0 Å². The Kier molecular flexibility index (Phi) is 9.37. The summed E-state index contributed by atoms with van der Waals surface area (Å²) in [5, 5.41) is 3.39. The van der Waals surface area contributed by atoms with Crippen LogP contribution in [0, 0.1) is 0 Å². The lowest BCUT2D eigenvalue weighted by Crippen LogP contribution is -2.46. The summed E-state index contributed by atoms with van der Waals surface area (Å²) in [5.74, 6) is 0.0353. The molecular weight excluding hydrogens is 370 g/mol. The van der Waals surface area contributed by atoms with Crippen molar-refractivity contribution in [3.05, 3.63) is 65.7 Å². The summed E-state index contributed by atoms with van der Waals surface area (Å²) in [7, 11) is -2.58. The van der Waals surface area contributed by atoms with E-state index in [-0.39, 0.29) is 5.78 Å². The van der Waals surface area contributed by atoms with Crippen molar-refractivity contribution in [1.29, 1.82) is 0 Å². The van der Waals surface area contributed by atoms with Gasteiger partial charge in [-0.15, -0.1) is 0 Å². The number of hydrogen-bond donors (Lipinski definition) is 1. The number of anilines is 1. The summed E-state index contributed by atoms with van der Waals surface area (Å²) < 4.78 is 17.6. The molecule has 0 aliphatic heterocycles. The molecule has 0 spiro atoms. The second-order valence-corrected chi connectivity index (χ2v) is 9.02. The molecule has 2 rings (SSSR count). The third kappa shape index (κ3) is 6.56. The molecule has 0 saturated carbocycles. The summed E-state index contributed by atoms with van der Waals surface area (Å²) in [6.07, 6.45) is 0.886. The van der Waals surface area contributed by atoms with Crippen LogP contribution in [0.15, 0.2) is 54.6 Å². The second kappa shape index (κ2) is 11.8. The molecule has 0 aliphatic carbocycles. The lowest BCUT2D eigenvalue weighted by atomic mass is 10.0. The van der Waals surface area contributed by atoms with E-state index in [4.69, 9.17) is 13.3 Å². The van der Waals surface area contributed by atoms with E-state index >= 15 is 0 Å². The van der Waals surface area contributed by atoms with Gasteiger partial charge in [-0.3, -0.25) is 4.79 Å². The van der Waals surface area contributed by atoms with E-state index < -0.39 is 8.80 Å². The molecule has 0 aliphatic rings. The van der Waals surface area contributed by atoms with Gasteiger partial charge in [0.05, 0.1) is 0 Å². The number of nitrogens with one attached hydrogen (secondary N) is 1. The number of carbonyl (C=O) groups is 1. The molecule has 0 fully saturated rings. The maximum Gasteiger partial charge on any atom is 0.500 e. The third-order valence-corrected chi connectivity index (χ3v) is 7.42. The number of hydrogen-bond acceptors (Lipinski definition) is 5. The maximum atomic E-state index is 12.5. The van der Waals surface area contributed by atoms with Crippen LogP contribution in [0.2, 0.25) is 6.04 Å². The highest BCUT2D eigenvalue weighted by molar-refractivity contribution is 6.60. The molecular formula is C22H31NO4Si. The van der Waals surface area contributed by atoms with Gasteiger partial charge in [-0.2, -0.15) is 0 Å². The maximum absolute atomic E-state index is 12.5. The van der Waals surface area contributed by atoms with Crippen LogP contribution in [-0.2, 0) is 13.3 Å². The number of ketones is 1. The molecule has 0 saturated heterocycles. The molecule has 0 atom stereocenters. The van der Waals surface area contributed by atoms with Crippen LogP contribution in [-0.4, -0.2) is 41.0 Å². The SMILES string of the molecule is CCO[Si](CCCNc1ccc(C(=O)c2ccccc2)cc1)(OCC)OCC. The molecule has 1 N–H and O–H groups in total. The van der Waals surface area contributed by atoms with Crippen molar-refractivity contribution in [2.75, 3.05) is 31.7 Å². The van der Waals surface area contributed by atoms with Crippen LogP contribution >= 0.6 is 0 Å². The first-order valence-electron chi connectivity index (χ1n) is 9.99. The average Bonchev–Trinajstić information content (AvgIpc) is 2.72. The van der Waals surface area contributed by atoms with Crippen LogP contribution in [0.4, 0.5) is 5.69 Å². The van der Waals surface area contributed by atoms with Crippen LogP contribution in [0.25, 0.3) is 0 Å². The zero-order valence-electron chi connectivity index (χ0n) is 17.1. The molecule has 5 nitrogen and oxygen atoms in total. The van der Waals surface area contributed by atoms with Gasteiger partial charge in [-0.05, 0) is 51.5 Å². The van der Waals surface area contributed by atoms with Gasteiger partial charge in [0.25, 0.3) is 0 Å². The first kappa shape index (κ1) is 22.3. The van der Waals surface area contributed by atoms with Gasteiger partial charge in [0, 0.05) is 49.2 Å². The van der Waals surface area contributed by atoms with Crippen molar-refractivity contribution in [2.45, 2.75) is 33.2 Å². The zero-order chi connectivity index (χ0) is 20.2. The standard InChI is InChI=1S/C22H31NO4Si/c1-4-25-28(26-5-2,27-6-3)18-10-17-23-21-15-13-20(14-16-21)22(24)19-11-8-7-9-12-19/h7-9,11-16,23H,4-6,10,17-18H2,1-3H3. The Morgan fingerprint density at radius 1 is 0.821 bits per heavy atom. The fourth-order valence-corrected chi connectivity index (χ4v) is 5.65. The van der Waals surface area contributed by atoms with Crippen molar-refractivity contribution < 1.29 is 18.1 Å². The summed E-state index contributed by atoms with van der Waals surface area (Å²) in [6, 6.07) is 17.7. The highest BCUT2D eigenvalue weighted by Gasteiger charge is 2.39. The number of rotatable bonds is 13. The van der Waals surface area contributed by atoms with Crippen LogP contribution in [0.3, 0.4) is 0 Å². The molecule has 28 heavy (non-hydrogen) atoms. The van der Waals surface area contributed by atoms with Crippen molar-refractivity contribution in [3.8, 4) is 0 Å². The first-order valence-corrected chi connectivity index (χ1v) is 11.9. The van der Waals surface area contributed by atoms with E-state index in [9.17, 15) is 4.79 Å². The normalized spacial score (nSPS) is 11.4. The molecule has 2 aromatic carbocycles. The van der Waals surface area contributed by atoms with Gasteiger partial charge in [-0.1, -0.05) is 30.3 Å². The Bertz CT molecular complexity index is 689. The summed E-state index contributed by atoms with van der Waals surface area (Å²) in [6.45, 7) is 8.47. The monoisotopic (exact) mass is 401 g/mol. The molecule has 0 bridgehead atoms. The fourth-order valence-electron chi connectivity index (χ4n) is 3.03. The van der Waals surface area contributed by atoms with E-state index in [0.29, 0.717) is 30.9 Å². The Hall–Kier alpha value is -1.99. The van der Waals surface area contributed by atoms with Crippen molar-refractivity contribution in [1.82, 2.24) is 0 Å². The Balaban J connectivity index is 1.86. The van der Waals surface area contributed by atoms with Crippen molar-refractivity contribution in [3.63, 3.8) is 0 Å². The van der Waals surface area contributed by atoms with Crippen molar-refractivity contribution in [2.24, 2.45) is 0 Å². The quantitative estimate of drug-likeness (QED) is 0.298. The molecule has 0 aromatic heterocycles. The van der Waals surface area contributed by atoms with Gasteiger partial charge in [0.15, 0.2) is 5.78 Å². The molecule has 0 radical (unpaired) electrons. The minimum Gasteiger partial charge on any atom is -0.385 e. The van der Waals surface area contributed by atoms with Gasteiger partial charge >= 0.3 is 8.80 Å². The van der Waals surface area contributed by atoms with Gasteiger partial charge < -0.3 is 18.6 Å². The Morgan fingerprint density at radius 2 is 1.36 bits per heavy atom. The number of carbonyl (C=O) groups excluding carboxylic acids is 1. The van der Waals surface area contributed by atoms with Gasteiger partial charge in [0.2, 0.25) is 0 Å². The van der Waals surface area contributed by atoms with Crippen LogP contribution < -0.4 is 5.32 Å². The minimum atomic E-state index is -2.58. The highest BCUT2D eigenvalue weighted by Crippen LogP contribution is 2.19. The average molecular weight is 402 g/mol. The largest absolute Gasteiger partial charge is 0.500 e. The van der Waals surface area contributed by atoms with Crippen molar-refractivity contribution >= 4 is 20.3 Å². The predicted molar refractivity (Wildman–Crippen MR) is 115 cm³/mol. The lowest BCUT2D eigenvalue weighted by molar-refractivity contribution is 0.0710. The minimum absolute atomic E-state index is 0.0353. The third-order valence-electron chi connectivity index (χ3n) is 4.26. The summed E-state index contributed by atoms with van der Waals surface area (Å²) in [5.41, 5.74) is 2.38. The summed E-state index contributed by atoms with van der Waals surface area (Å²) in [4.78, 5) is 12.5. The molecule has 6 heteroatoms. The molecule has 2 aromatic rings. The van der Waals surface area contributed by atoms with E-state index in [1.165, 1.54) is 0 Å². The molecule has 0 unspecified atom stereocenters. The first-order chi connectivity index (χ1) is 13.6. The predicted octanol–water partition coefficient (Wildman–Crippen LogP) is 4.77. The van der Waals surface area contributed by atoms with E-state index in [2.05, 4.69) is 5.32 Å². The molecule has 0 amide bonds. The molecule has 152 valence electrons. The Morgan fingerprint density at radius 3 is 1.89 bits per heavy atom. The fraction of sp³-hybridized carbons (Fsp3) is 0.409. The van der Waals surface area contributed by atoms with Gasteiger partial charge in [-0.25, -0.2) is 0 Å². The smallest absolute Gasteiger partial charge is 0.385 e. The summed E-state index contributed by atoms with van der Waals surface area (Å²) >= 11 is 0. The van der Waals surface area contributed by atoms with E-state index in [0.717, 1.165) is 24.7 Å². The molecule has 0 heterocycles. The Labute approximate surface area is 169 Å². The topological polar surface area (TPSA) is 56.8 Å². The highest BCUT2D eigenvalue weighted by atomic mass is 28.4. The number of benzene rings is 2.